The van der Waals surface area contributed by atoms with Gasteiger partial charge in [-0.25, -0.2) is 4.98 Å². The Morgan fingerprint density at radius 1 is 1.20 bits per heavy atom. The Labute approximate surface area is 120 Å². The second-order valence-corrected chi connectivity index (χ2v) is 6.02. The van der Waals surface area contributed by atoms with Crippen molar-refractivity contribution in [2.24, 2.45) is 5.73 Å². The molecule has 1 heterocycles. The van der Waals surface area contributed by atoms with Crippen LogP contribution in [0.3, 0.4) is 0 Å². The summed E-state index contributed by atoms with van der Waals surface area (Å²) in [7, 11) is 4.16. The number of rotatable bonds is 4. The summed E-state index contributed by atoms with van der Waals surface area (Å²) < 4.78 is 2.30. The molecule has 108 valence electrons. The summed E-state index contributed by atoms with van der Waals surface area (Å²) in [6.45, 7) is 2.36. The van der Waals surface area contributed by atoms with Crippen LogP contribution in [0.4, 0.5) is 0 Å². The van der Waals surface area contributed by atoms with Crippen LogP contribution in [0.15, 0.2) is 12.1 Å². The second-order valence-electron chi connectivity index (χ2n) is 6.02. The molecule has 0 radical (unpaired) electrons. The highest BCUT2D eigenvalue weighted by Gasteiger charge is 2.16. The first kappa shape index (κ1) is 13.6. The summed E-state index contributed by atoms with van der Waals surface area (Å²) in [6, 6.07) is 4.65. The molecule has 1 aliphatic rings. The van der Waals surface area contributed by atoms with Crippen molar-refractivity contribution >= 4 is 11.0 Å². The lowest BCUT2D eigenvalue weighted by Gasteiger charge is -2.16. The second kappa shape index (κ2) is 5.54. The Balaban J connectivity index is 2.12. The van der Waals surface area contributed by atoms with E-state index in [2.05, 4.69) is 35.7 Å². The van der Waals surface area contributed by atoms with Crippen LogP contribution in [0.1, 0.15) is 29.8 Å². The lowest BCUT2D eigenvalue weighted by Crippen LogP contribution is -2.18. The Kier molecular flexibility index (Phi) is 3.76. The highest BCUT2D eigenvalue weighted by atomic mass is 15.2. The molecule has 1 aliphatic carbocycles. The molecule has 0 atom stereocenters. The Bertz CT molecular complexity index is 612. The predicted octanol–water partition coefficient (Wildman–Crippen LogP) is 1.94. The largest absolute Gasteiger partial charge is 0.329 e. The lowest BCUT2D eigenvalue weighted by atomic mass is 9.91. The monoisotopic (exact) mass is 272 g/mol. The molecule has 0 aliphatic heterocycles. The fraction of sp³-hybridized carbons (Fsp3) is 0.562. The molecular weight excluding hydrogens is 248 g/mol. The zero-order valence-electron chi connectivity index (χ0n) is 12.5. The minimum atomic E-state index is 0.656. The summed E-state index contributed by atoms with van der Waals surface area (Å²) >= 11 is 0. The molecular formula is C16H24N4. The Morgan fingerprint density at radius 3 is 2.55 bits per heavy atom. The topological polar surface area (TPSA) is 47.1 Å². The summed E-state index contributed by atoms with van der Waals surface area (Å²) in [5.74, 6) is 1.12. The van der Waals surface area contributed by atoms with Crippen molar-refractivity contribution in [3.63, 3.8) is 0 Å². The van der Waals surface area contributed by atoms with Gasteiger partial charge in [0.2, 0.25) is 0 Å². The van der Waals surface area contributed by atoms with Crippen molar-refractivity contribution in [3.05, 3.63) is 29.1 Å². The first-order valence-corrected chi connectivity index (χ1v) is 7.54. The van der Waals surface area contributed by atoms with E-state index in [1.807, 2.05) is 0 Å². The fourth-order valence-corrected chi connectivity index (χ4v) is 3.19. The predicted molar refractivity (Wildman–Crippen MR) is 82.8 cm³/mol. The van der Waals surface area contributed by atoms with Crippen LogP contribution in [0, 0.1) is 0 Å². The van der Waals surface area contributed by atoms with E-state index in [0.29, 0.717) is 6.54 Å². The number of aryl methyl sites for hydroxylation is 2. The fourth-order valence-electron chi connectivity index (χ4n) is 3.19. The quantitative estimate of drug-likeness (QED) is 0.925. The number of hydrogen-bond donors (Lipinski definition) is 1. The highest BCUT2D eigenvalue weighted by Crippen LogP contribution is 2.27. The zero-order chi connectivity index (χ0) is 14.1. The van der Waals surface area contributed by atoms with Crippen LogP contribution < -0.4 is 5.73 Å². The van der Waals surface area contributed by atoms with Crippen LogP contribution in [-0.2, 0) is 25.9 Å². The molecule has 3 rings (SSSR count). The van der Waals surface area contributed by atoms with Crippen molar-refractivity contribution < 1.29 is 0 Å². The van der Waals surface area contributed by atoms with E-state index in [0.717, 1.165) is 24.4 Å². The van der Waals surface area contributed by atoms with Gasteiger partial charge in [-0.1, -0.05) is 0 Å². The molecule has 0 bridgehead atoms. The van der Waals surface area contributed by atoms with Gasteiger partial charge in [0.1, 0.15) is 5.82 Å². The Hall–Kier alpha value is -1.39. The number of aromatic nitrogens is 2. The smallest absolute Gasteiger partial charge is 0.124 e. The number of benzene rings is 1. The molecule has 1 aromatic carbocycles. The molecule has 2 N–H and O–H groups in total. The van der Waals surface area contributed by atoms with Crippen LogP contribution in [0.25, 0.3) is 11.0 Å². The first-order chi connectivity index (χ1) is 9.69. The van der Waals surface area contributed by atoms with Crippen molar-refractivity contribution in [3.8, 4) is 0 Å². The molecule has 4 nitrogen and oxygen atoms in total. The number of nitrogens with zero attached hydrogens (tertiary/aromatic N) is 3. The van der Waals surface area contributed by atoms with Gasteiger partial charge in [0, 0.05) is 13.1 Å². The van der Waals surface area contributed by atoms with Crippen LogP contribution in [0.5, 0.6) is 0 Å². The van der Waals surface area contributed by atoms with E-state index in [1.54, 1.807) is 0 Å². The normalized spacial score (nSPS) is 15.0. The van der Waals surface area contributed by atoms with E-state index in [1.165, 1.54) is 42.3 Å². The molecule has 20 heavy (non-hydrogen) atoms. The molecule has 0 spiro atoms. The van der Waals surface area contributed by atoms with Crippen molar-refractivity contribution in [2.75, 3.05) is 20.6 Å². The summed E-state index contributed by atoms with van der Waals surface area (Å²) in [5.41, 5.74) is 11.2. The third kappa shape index (κ3) is 2.45. The molecule has 1 aromatic heterocycles. The van der Waals surface area contributed by atoms with Gasteiger partial charge < -0.3 is 15.2 Å². The van der Waals surface area contributed by atoms with Gasteiger partial charge in [-0.3, -0.25) is 0 Å². The number of imidazole rings is 1. The minimum absolute atomic E-state index is 0.656. The average molecular weight is 272 g/mol. The maximum absolute atomic E-state index is 5.79. The van der Waals surface area contributed by atoms with Crippen LogP contribution in [0.2, 0.25) is 0 Å². The SMILES string of the molecule is CN(C)Cc1nc2cc3c(cc2n1CCN)CCCC3. The molecule has 0 saturated heterocycles. The molecule has 0 saturated carbocycles. The van der Waals surface area contributed by atoms with E-state index < -0.39 is 0 Å². The van der Waals surface area contributed by atoms with Gasteiger partial charge in [-0.15, -0.1) is 0 Å². The van der Waals surface area contributed by atoms with Gasteiger partial charge in [-0.05, 0) is 63.0 Å². The molecule has 0 fully saturated rings. The molecule has 4 heteroatoms. The number of nitrogens with two attached hydrogens (primary N) is 1. The van der Waals surface area contributed by atoms with E-state index >= 15 is 0 Å². The van der Waals surface area contributed by atoms with E-state index in [4.69, 9.17) is 10.7 Å². The summed E-state index contributed by atoms with van der Waals surface area (Å²) in [4.78, 5) is 7.01. The van der Waals surface area contributed by atoms with Crippen LogP contribution in [-0.4, -0.2) is 35.1 Å². The van der Waals surface area contributed by atoms with Gasteiger partial charge in [0.05, 0.1) is 17.6 Å². The first-order valence-electron chi connectivity index (χ1n) is 7.54. The van der Waals surface area contributed by atoms with Crippen molar-refractivity contribution in [1.29, 1.82) is 0 Å². The van der Waals surface area contributed by atoms with E-state index in [9.17, 15) is 0 Å². The lowest BCUT2D eigenvalue weighted by molar-refractivity contribution is 0.382. The maximum atomic E-state index is 5.79. The van der Waals surface area contributed by atoms with E-state index in [-0.39, 0.29) is 0 Å². The van der Waals surface area contributed by atoms with Gasteiger partial charge in [0.15, 0.2) is 0 Å². The minimum Gasteiger partial charge on any atom is -0.329 e. The zero-order valence-corrected chi connectivity index (χ0v) is 12.5. The van der Waals surface area contributed by atoms with Gasteiger partial charge in [-0.2, -0.15) is 0 Å². The third-order valence-electron chi connectivity index (χ3n) is 4.10. The highest BCUT2D eigenvalue weighted by molar-refractivity contribution is 5.78. The molecule has 0 unspecified atom stereocenters. The Morgan fingerprint density at radius 2 is 1.90 bits per heavy atom. The third-order valence-corrected chi connectivity index (χ3v) is 4.10. The van der Waals surface area contributed by atoms with Gasteiger partial charge in [0.25, 0.3) is 0 Å². The summed E-state index contributed by atoms with van der Waals surface area (Å²) in [6.07, 6.45) is 5.04. The molecule has 2 aromatic rings. The van der Waals surface area contributed by atoms with Crippen molar-refractivity contribution in [1.82, 2.24) is 14.5 Å². The standard InChI is InChI=1S/C16H24N4/c1-19(2)11-16-18-14-9-12-5-3-4-6-13(12)10-15(14)20(16)8-7-17/h9-10H,3-8,11,17H2,1-2H3. The number of hydrogen-bond acceptors (Lipinski definition) is 3. The molecule has 0 amide bonds. The number of fused-ring (bicyclic) bond motifs is 2. The average Bonchev–Trinajstić information content (AvgIpc) is 2.73. The van der Waals surface area contributed by atoms with Crippen molar-refractivity contribution in [2.45, 2.75) is 38.8 Å². The maximum Gasteiger partial charge on any atom is 0.124 e. The van der Waals surface area contributed by atoms with Gasteiger partial charge >= 0.3 is 0 Å². The van der Waals surface area contributed by atoms with Crippen LogP contribution >= 0.6 is 0 Å². The summed E-state index contributed by atoms with van der Waals surface area (Å²) in [5, 5.41) is 0.